The second-order valence-corrected chi connectivity index (χ2v) is 5.84. The molecule has 3 nitrogen and oxygen atoms in total. The molecule has 0 fully saturated rings. The van der Waals surface area contributed by atoms with Crippen LogP contribution in [0.15, 0.2) is 18.2 Å². The van der Waals surface area contributed by atoms with Crippen molar-refractivity contribution < 1.29 is 4.79 Å². The molecule has 0 aliphatic heterocycles. The molecule has 0 spiro atoms. The molecule has 1 N–H and O–H groups in total. The van der Waals surface area contributed by atoms with E-state index in [1.54, 1.807) is 20.2 Å². The van der Waals surface area contributed by atoms with E-state index in [0.29, 0.717) is 16.6 Å². The van der Waals surface area contributed by atoms with Gasteiger partial charge in [0.25, 0.3) is 5.91 Å². The minimum absolute atomic E-state index is 0.0720. The van der Waals surface area contributed by atoms with Crippen molar-refractivity contribution in [3.63, 3.8) is 0 Å². The van der Waals surface area contributed by atoms with Gasteiger partial charge in [-0.25, -0.2) is 0 Å². The Hall–Kier alpha value is -1.22. The lowest BCUT2D eigenvalue weighted by Gasteiger charge is -2.17. The highest BCUT2D eigenvalue weighted by molar-refractivity contribution is 6.34. The van der Waals surface area contributed by atoms with Crippen molar-refractivity contribution in [1.82, 2.24) is 4.90 Å². The SMILES string of the molecule is CCCCCC(C)Nc1ccc(Cl)c(C(=O)N(C)C)c1. The highest BCUT2D eigenvalue weighted by Crippen LogP contribution is 2.22. The lowest BCUT2D eigenvalue weighted by molar-refractivity contribution is 0.0828. The minimum Gasteiger partial charge on any atom is -0.383 e. The highest BCUT2D eigenvalue weighted by atomic mass is 35.5. The minimum atomic E-state index is -0.0720. The number of amides is 1. The van der Waals surface area contributed by atoms with E-state index in [0.717, 1.165) is 12.1 Å². The zero-order chi connectivity index (χ0) is 15.1. The molecule has 1 rings (SSSR count). The Morgan fingerprint density at radius 1 is 1.35 bits per heavy atom. The molecule has 1 atom stereocenters. The molecule has 0 aliphatic rings. The van der Waals surface area contributed by atoms with E-state index in [-0.39, 0.29) is 5.91 Å². The maximum atomic E-state index is 12.0. The summed E-state index contributed by atoms with van der Waals surface area (Å²) in [7, 11) is 3.46. The van der Waals surface area contributed by atoms with Gasteiger partial charge in [-0.15, -0.1) is 0 Å². The smallest absolute Gasteiger partial charge is 0.254 e. The molecule has 112 valence electrons. The summed E-state index contributed by atoms with van der Waals surface area (Å²) in [5.74, 6) is -0.0720. The molecule has 1 aromatic carbocycles. The Morgan fingerprint density at radius 3 is 2.65 bits per heavy atom. The predicted octanol–water partition coefficient (Wildman–Crippen LogP) is 4.42. The fourth-order valence-electron chi connectivity index (χ4n) is 2.08. The van der Waals surface area contributed by atoms with Crippen LogP contribution in [0.25, 0.3) is 0 Å². The molecule has 0 heterocycles. The van der Waals surface area contributed by atoms with E-state index in [9.17, 15) is 4.79 Å². The second kappa shape index (κ2) is 8.15. The second-order valence-electron chi connectivity index (χ2n) is 5.44. The third-order valence-electron chi connectivity index (χ3n) is 3.26. The lowest BCUT2D eigenvalue weighted by atomic mass is 10.1. The lowest BCUT2D eigenvalue weighted by Crippen LogP contribution is -2.22. The van der Waals surface area contributed by atoms with E-state index in [1.807, 2.05) is 12.1 Å². The van der Waals surface area contributed by atoms with Crippen molar-refractivity contribution in [2.75, 3.05) is 19.4 Å². The first kappa shape index (κ1) is 16.8. The molecular weight excluding hydrogens is 272 g/mol. The fraction of sp³-hybridized carbons (Fsp3) is 0.562. The number of halogens is 1. The number of anilines is 1. The zero-order valence-corrected chi connectivity index (χ0v) is 13.6. The van der Waals surface area contributed by atoms with Crippen LogP contribution in [-0.2, 0) is 0 Å². The number of nitrogens with zero attached hydrogens (tertiary/aromatic N) is 1. The molecule has 20 heavy (non-hydrogen) atoms. The van der Waals surface area contributed by atoms with Crippen LogP contribution < -0.4 is 5.32 Å². The summed E-state index contributed by atoms with van der Waals surface area (Å²) >= 11 is 6.10. The number of carbonyl (C=O) groups excluding carboxylic acids is 1. The predicted molar refractivity (Wildman–Crippen MR) is 86.7 cm³/mol. The molecule has 0 saturated carbocycles. The fourth-order valence-corrected chi connectivity index (χ4v) is 2.28. The van der Waals surface area contributed by atoms with Crippen LogP contribution in [0.3, 0.4) is 0 Å². The largest absolute Gasteiger partial charge is 0.383 e. The zero-order valence-electron chi connectivity index (χ0n) is 12.9. The van der Waals surface area contributed by atoms with Gasteiger partial charge in [0.15, 0.2) is 0 Å². The highest BCUT2D eigenvalue weighted by Gasteiger charge is 2.13. The third-order valence-corrected chi connectivity index (χ3v) is 3.59. The maximum Gasteiger partial charge on any atom is 0.254 e. The Kier molecular flexibility index (Phi) is 6.86. The van der Waals surface area contributed by atoms with Gasteiger partial charge < -0.3 is 10.2 Å². The Bertz CT molecular complexity index is 446. The number of benzene rings is 1. The average molecular weight is 297 g/mol. The number of hydrogen-bond acceptors (Lipinski definition) is 2. The molecule has 0 bridgehead atoms. The van der Waals surface area contributed by atoms with Gasteiger partial charge in [0, 0.05) is 25.8 Å². The summed E-state index contributed by atoms with van der Waals surface area (Å²) in [5, 5.41) is 3.93. The van der Waals surface area contributed by atoms with Crippen LogP contribution in [0.5, 0.6) is 0 Å². The standard InChI is InChI=1S/C16H25ClN2O/c1-5-6-7-8-12(2)18-13-9-10-15(17)14(11-13)16(20)19(3)4/h9-12,18H,5-8H2,1-4H3. The van der Waals surface area contributed by atoms with Crippen molar-refractivity contribution in [3.05, 3.63) is 28.8 Å². The number of nitrogens with one attached hydrogen (secondary N) is 1. The first-order valence-electron chi connectivity index (χ1n) is 7.23. The van der Waals surface area contributed by atoms with Crippen LogP contribution in [-0.4, -0.2) is 30.9 Å². The van der Waals surface area contributed by atoms with Gasteiger partial charge in [0.2, 0.25) is 0 Å². The van der Waals surface area contributed by atoms with Gasteiger partial charge in [0.1, 0.15) is 0 Å². The van der Waals surface area contributed by atoms with E-state index in [4.69, 9.17) is 11.6 Å². The Labute approximate surface area is 127 Å². The maximum absolute atomic E-state index is 12.0. The molecule has 1 aromatic rings. The average Bonchev–Trinajstić information content (AvgIpc) is 2.40. The van der Waals surface area contributed by atoms with Crippen molar-refractivity contribution in [2.45, 2.75) is 45.6 Å². The van der Waals surface area contributed by atoms with Crippen molar-refractivity contribution in [2.24, 2.45) is 0 Å². The summed E-state index contributed by atoms with van der Waals surface area (Å²) in [6.07, 6.45) is 4.85. The number of rotatable bonds is 7. The molecule has 0 aromatic heterocycles. The first-order chi connectivity index (χ1) is 9.45. The summed E-state index contributed by atoms with van der Waals surface area (Å²) < 4.78 is 0. The molecule has 1 unspecified atom stereocenters. The first-order valence-corrected chi connectivity index (χ1v) is 7.61. The molecule has 0 radical (unpaired) electrons. The number of carbonyl (C=O) groups is 1. The van der Waals surface area contributed by atoms with Crippen LogP contribution in [0.4, 0.5) is 5.69 Å². The summed E-state index contributed by atoms with van der Waals surface area (Å²) in [6, 6.07) is 5.93. The summed E-state index contributed by atoms with van der Waals surface area (Å²) in [6.45, 7) is 4.37. The monoisotopic (exact) mass is 296 g/mol. The molecule has 4 heteroatoms. The summed E-state index contributed by atoms with van der Waals surface area (Å²) in [5.41, 5.74) is 1.49. The van der Waals surface area contributed by atoms with Crippen LogP contribution in [0.2, 0.25) is 5.02 Å². The molecular formula is C16H25ClN2O. The van der Waals surface area contributed by atoms with Gasteiger partial charge in [-0.1, -0.05) is 37.8 Å². The number of hydrogen-bond donors (Lipinski definition) is 1. The van der Waals surface area contributed by atoms with Gasteiger partial charge in [-0.3, -0.25) is 4.79 Å². The van der Waals surface area contributed by atoms with Crippen molar-refractivity contribution >= 4 is 23.2 Å². The summed E-state index contributed by atoms with van der Waals surface area (Å²) in [4.78, 5) is 13.6. The van der Waals surface area contributed by atoms with Gasteiger partial charge in [-0.05, 0) is 31.5 Å². The Balaban J connectivity index is 2.72. The quantitative estimate of drug-likeness (QED) is 0.755. The van der Waals surface area contributed by atoms with Gasteiger partial charge in [0.05, 0.1) is 10.6 Å². The van der Waals surface area contributed by atoms with Crippen molar-refractivity contribution in [1.29, 1.82) is 0 Å². The molecule has 1 amide bonds. The third kappa shape index (κ3) is 5.04. The van der Waals surface area contributed by atoms with E-state index < -0.39 is 0 Å². The van der Waals surface area contributed by atoms with Gasteiger partial charge >= 0.3 is 0 Å². The van der Waals surface area contributed by atoms with Crippen LogP contribution >= 0.6 is 11.6 Å². The topological polar surface area (TPSA) is 32.3 Å². The van der Waals surface area contributed by atoms with Crippen LogP contribution in [0, 0.1) is 0 Å². The normalized spacial score (nSPS) is 12.1. The Morgan fingerprint density at radius 2 is 2.05 bits per heavy atom. The van der Waals surface area contributed by atoms with E-state index in [1.165, 1.54) is 24.2 Å². The molecule has 0 saturated heterocycles. The number of unbranched alkanes of at least 4 members (excludes halogenated alkanes) is 2. The van der Waals surface area contributed by atoms with Crippen LogP contribution in [0.1, 0.15) is 49.9 Å². The molecule has 0 aliphatic carbocycles. The van der Waals surface area contributed by atoms with E-state index >= 15 is 0 Å². The van der Waals surface area contributed by atoms with E-state index in [2.05, 4.69) is 19.2 Å². The van der Waals surface area contributed by atoms with Crippen molar-refractivity contribution in [3.8, 4) is 0 Å². The van der Waals surface area contributed by atoms with Gasteiger partial charge in [-0.2, -0.15) is 0 Å².